The largest absolute Gasteiger partial charge is 0.416 e. The minimum Gasteiger partial charge on any atom is -0.371 e. The van der Waals surface area contributed by atoms with Gasteiger partial charge in [0.05, 0.1) is 5.56 Å². The normalized spacial score (nSPS) is 16.5. The maximum Gasteiger partial charge on any atom is 0.416 e. The van der Waals surface area contributed by atoms with Crippen molar-refractivity contribution in [3.8, 4) is 0 Å². The summed E-state index contributed by atoms with van der Waals surface area (Å²) in [6, 6.07) is 5.54. The van der Waals surface area contributed by atoms with Crippen molar-refractivity contribution < 1.29 is 13.2 Å². The number of nitrogens with zero attached hydrogens (tertiary/aromatic N) is 1. The second-order valence-corrected chi connectivity index (χ2v) is 4.37. The van der Waals surface area contributed by atoms with Gasteiger partial charge < -0.3 is 10.6 Å². The van der Waals surface area contributed by atoms with Crippen LogP contribution in [0, 0.1) is 0 Å². The van der Waals surface area contributed by atoms with Crippen molar-refractivity contribution in [3.05, 3.63) is 29.8 Å². The highest BCUT2D eigenvalue weighted by Crippen LogP contribution is 2.30. The first-order valence-electron chi connectivity index (χ1n) is 5.64. The number of nitrogens with two attached hydrogens (primary N) is 1. The second kappa shape index (κ2) is 7.22. The Morgan fingerprint density at radius 3 is 1.89 bits per heavy atom. The standard InChI is InChI=1S/C12H15F3N2.2ClH/c13-12(14,15)9-1-3-11(4-2-9)17-7-5-10(16)6-8-17;;/h1-4,10H,5-8,16H2;2*1H. The van der Waals surface area contributed by atoms with E-state index in [9.17, 15) is 13.2 Å². The fourth-order valence-electron chi connectivity index (χ4n) is 2.02. The third-order valence-electron chi connectivity index (χ3n) is 3.10. The highest BCUT2D eigenvalue weighted by molar-refractivity contribution is 5.85. The van der Waals surface area contributed by atoms with E-state index in [-0.39, 0.29) is 30.9 Å². The molecule has 0 spiro atoms. The van der Waals surface area contributed by atoms with Crippen LogP contribution in [-0.2, 0) is 6.18 Å². The van der Waals surface area contributed by atoms with E-state index in [1.165, 1.54) is 12.1 Å². The molecule has 1 aliphatic heterocycles. The third-order valence-corrected chi connectivity index (χ3v) is 3.10. The molecular formula is C12H17Cl2F3N2. The minimum absolute atomic E-state index is 0. The fourth-order valence-corrected chi connectivity index (χ4v) is 2.02. The van der Waals surface area contributed by atoms with E-state index in [2.05, 4.69) is 4.90 Å². The van der Waals surface area contributed by atoms with Crippen LogP contribution in [0.2, 0.25) is 0 Å². The van der Waals surface area contributed by atoms with Crippen LogP contribution in [0.1, 0.15) is 18.4 Å². The maximum atomic E-state index is 12.4. The average molecular weight is 317 g/mol. The lowest BCUT2D eigenvalue weighted by molar-refractivity contribution is -0.137. The SMILES string of the molecule is Cl.Cl.NC1CCN(c2ccc(C(F)(F)F)cc2)CC1. The Kier molecular flexibility index (Phi) is 6.97. The Labute approximate surface area is 123 Å². The average Bonchev–Trinajstić information content (AvgIpc) is 2.29. The molecule has 0 amide bonds. The van der Waals surface area contributed by atoms with E-state index in [4.69, 9.17) is 5.73 Å². The number of halogens is 5. The summed E-state index contributed by atoms with van der Waals surface area (Å²) < 4.78 is 37.1. The number of rotatable bonds is 1. The Hall–Kier alpha value is -0.650. The van der Waals surface area contributed by atoms with Gasteiger partial charge in [0.15, 0.2) is 0 Å². The van der Waals surface area contributed by atoms with Crippen molar-refractivity contribution in [2.24, 2.45) is 5.73 Å². The molecule has 2 rings (SSSR count). The summed E-state index contributed by atoms with van der Waals surface area (Å²) in [5, 5.41) is 0. The first-order chi connectivity index (χ1) is 7.97. The molecule has 0 bridgehead atoms. The molecule has 0 atom stereocenters. The lowest BCUT2D eigenvalue weighted by Gasteiger charge is -2.32. The number of hydrogen-bond acceptors (Lipinski definition) is 2. The van der Waals surface area contributed by atoms with E-state index >= 15 is 0 Å². The first-order valence-corrected chi connectivity index (χ1v) is 5.64. The van der Waals surface area contributed by atoms with Gasteiger partial charge in [-0.1, -0.05) is 0 Å². The highest BCUT2D eigenvalue weighted by Gasteiger charge is 2.30. The Bertz CT molecular complexity index is 374. The quantitative estimate of drug-likeness (QED) is 0.859. The predicted octanol–water partition coefficient (Wildman–Crippen LogP) is 3.48. The molecule has 1 aliphatic rings. The monoisotopic (exact) mass is 316 g/mol. The number of hydrogen-bond donors (Lipinski definition) is 1. The molecule has 19 heavy (non-hydrogen) atoms. The Morgan fingerprint density at radius 2 is 1.47 bits per heavy atom. The van der Waals surface area contributed by atoms with E-state index in [1.807, 2.05) is 0 Å². The lowest BCUT2D eigenvalue weighted by Crippen LogP contribution is -2.39. The molecule has 7 heteroatoms. The number of anilines is 1. The smallest absolute Gasteiger partial charge is 0.371 e. The molecule has 0 radical (unpaired) electrons. The zero-order valence-corrected chi connectivity index (χ0v) is 11.8. The molecule has 1 heterocycles. The molecule has 0 aliphatic carbocycles. The number of alkyl halides is 3. The van der Waals surface area contributed by atoms with E-state index < -0.39 is 11.7 Å². The molecular weight excluding hydrogens is 300 g/mol. The molecule has 0 saturated carbocycles. The molecule has 2 N–H and O–H groups in total. The van der Waals surface area contributed by atoms with Crippen LogP contribution in [0.25, 0.3) is 0 Å². The van der Waals surface area contributed by atoms with Gasteiger partial charge >= 0.3 is 6.18 Å². The molecule has 1 fully saturated rings. The molecule has 1 aromatic carbocycles. The molecule has 1 saturated heterocycles. The predicted molar refractivity (Wildman–Crippen MR) is 75.4 cm³/mol. The van der Waals surface area contributed by atoms with Gasteiger partial charge in [-0.3, -0.25) is 0 Å². The Balaban J connectivity index is 0.00000162. The van der Waals surface area contributed by atoms with Crippen LogP contribution in [0.4, 0.5) is 18.9 Å². The molecule has 2 nitrogen and oxygen atoms in total. The van der Waals surface area contributed by atoms with Crippen LogP contribution in [0.15, 0.2) is 24.3 Å². The summed E-state index contributed by atoms with van der Waals surface area (Å²) in [6.07, 6.45) is -2.48. The summed E-state index contributed by atoms with van der Waals surface area (Å²) in [5.41, 5.74) is 6.02. The zero-order chi connectivity index (χ0) is 12.5. The van der Waals surface area contributed by atoms with Crippen molar-refractivity contribution in [1.82, 2.24) is 0 Å². The van der Waals surface area contributed by atoms with Gasteiger partial charge in [-0.25, -0.2) is 0 Å². The molecule has 1 aromatic rings. The van der Waals surface area contributed by atoms with Crippen molar-refractivity contribution in [3.63, 3.8) is 0 Å². The maximum absolute atomic E-state index is 12.4. The zero-order valence-electron chi connectivity index (χ0n) is 10.2. The van der Waals surface area contributed by atoms with Gasteiger partial charge in [0.2, 0.25) is 0 Å². The van der Waals surface area contributed by atoms with Crippen LogP contribution in [0.5, 0.6) is 0 Å². The van der Waals surface area contributed by atoms with Crippen molar-refractivity contribution >= 4 is 30.5 Å². The summed E-state index contributed by atoms with van der Waals surface area (Å²) in [5.74, 6) is 0. The van der Waals surface area contributed by atoms with Gasteiger partial charge in [0.1, 0.15) is 0 Å². The first kappa shape index (κ1) is 18.4. The Morgan fingerprint density at radius 1 is 1.00 bits per heavy atom. The topological polar surface area (TPSA) is 29.3 Å². The number of benzene rings is 1. The summed E-state index contributed by atoms with van der Waals surface area (Å²) >= 11 is 0. The second-order valence-electron chi connectivity index (χ2n) is 4.37. The van der Waals surface area contributed by atoms with Crippen molar-refractivity contribution in [2.45, 2.75) is 25.1 Å². The van der Waals surface area contributed by atoms with Gasteiger partial charge in [-0.05, 0) is 37.1 Å². The van der Waals surface area contributed by atoms with Crippen LogP contribution >= 0.6 is 24.8 Å². The van der Waals surface area contributed by atoms with Crippen LogP contribution in [0.3, 0.4) is 0 Å². The summed E-state index contributed by atoms with van der Waals surface area (Å²) in [6.45, 7) is 1.62. The van der Waals surface area contributed by atoms with Gasteiger partial charge in [-0.15, -0.1) is 24.8 Å². The van der Waals surface area contributed by atoms with E-state index in [0.29, 0.717) is 0 Å². The van der Waals surface area contributed by atoms with Gasteiger partial charge in [0, 0.05) is 24.8 Å². The highest BCUT2D eigenvalue weighted by atomic mass is 35.5. The van der Waals surface area contributed by atoms with Crippen LogP contribution < -0.4 is 10.6 Å². The molecule has 0 unspecified atom stereocenters. The van der Waals surface area contributed by atoms with Crippen molar-refractivity contribution in [1.29, 1.82) is 0 Å². The van der Waals surface area contributed by atoms with E-state index in [0.717, 1.165) is 43.8 Å². The van der Waals surface area contributed by atoms with Gasteiger partial charge in [0.25, 0.3) is 0 Å². The summed E-state index contributed by atoms with van der Waals surface area (Å²) in [4.78, 5) is 2.07. The molecule has 0 aromatic heterocycles. The number of piperidine rings is 1. The lowest BCUT2D eigenvalue weighted by atomic mass is 10.1. The molecule has 110 valence electrons. The van der Waals surface area contributed by atoms with Crippen LogP contribution in [-0.4, -0.2) is 19.1 Å². The minimum atomic E-state index is -4.26. The summed E-state index contributed by atoms with van der Waals surface area (Å²) in [7, 11) is 0. The van der Waals surface area contributed by atoms with E-state index in [1.54, 1.807) is 0 Å². The fraction of sp³-hybridized carbons (Fsp3) is 0.500. The van der Waals surface area contributed by atoms with Gasteiger partial charge in [-0.2, -0.15) is 13.2 Å². The third kappa shape index (κ3) is 4.75. The van der Waals surface area contributed by atoms with Crippen molar-refractivity contribution in [2.75, 3.05) is 18.0 Å².